The van der Waals surface area contributed by atoms with Gasteiger partial charge in [-0.3, -0.25) is 0 Å². The van der Waals surface area contributed by atoms with Gasteiger partial charge < -0.3 is 16.2 Å². The molecule has 1 aromatic rings. The molecule has 0 radical (unpaired) electrons. The first-order valence-electron chi connectivity index (χ1n) is 4.72. The van der Waals surface area contributed by atoms with Gasteiger partial charge in [0, 0.05) is 6.54 Å². The smallest absolute Gasteiger partial charge is 0.224 e. The van der Waals surface area contributed by atoms with Gasteiger partial charge in [-0.05, 0) is 31.9 Å². The molecule has 0 aliphatic rings. The summed E-state index contributed by atoms with van der Waals surface area (Å²) in [5.41, 5.74) is 6.90. The zero-order valence-electron chi connectivity index (χ0n) is 8.79. The first kappa shape index (κ1) is 12.0. The SMILES string of the molecule is Cc1nc(Cl)nc(NCCC(C)O)c1N. The standard InChI is InChI=1S/C9H15ClN4O/c1-5(15)3-4-12-8-7(11)6(2)13-9(10)14-8/h5,15H,3-4,11H2,1-2H3,(H,12,13,14). The van der Waals surface area contributed by atoms with Crippen LogP contribution in [0, 0.1) is 6.92 Å². The van der Waals surface area contributed by atoms with Gasteiger partial charge >= 0.3 is 0 Å². The number of aromatic nitrogens is 2. The van der Waals surface area contributed by atoms with E-state index in [0.29, 0.717) is 30.2 Å². The zero-order chi connectivity index (χ0) is 11.4. The summed E-state index contributed by atoms with van der Waals surface area (Å²) in [4.78, 5) is 7.88. The number of aryl methyl sites for hydroxylation is 1. The van der Waals surface area contributed by atoms with E-state index >= 15 is 0 Å². The van der Waals surface area contributed by atoms with E-state index in [0.717, 1.165) is 0 Å². The summed E-state index contributed by atoms with van der Waals surface area (Å²) in [5, 5.41) is 12.3. The van der Waals surface area contributed by atoms with Crippen molar-refractivity contribution in [2.24, 2.45) is 0 Å². The van der Waals surface area contributed by atoms with Crippen molar-refractivity contribution in [2.45, 2.75) is 26.4 Å². The van der Waals surface area contributed by atoms with Crippen molar-refractivity contribution >= 4 is 23.1 Å². The Balaban J connectivity index is 2.68. The molecule has 0 bridgehead atoms. The Bertz CT molecular complexity index is 343. The maximum Gasteiger partial charge on any atom is 0.224 e. The molecule has 4 N–H and O–H groups in total. The fourth-order valence-electron chi connectivity index (χ4n) is 1.08. The molecule has 0 aliphatic carbocycles. The fourth-order valence-corrected chi connectivity index (χ4v) is 1.29. The average Bonchev–Trinajstić information content (AvgIpc) is 2.12. The summed E-state index contributed by atoms with van der Waals surface area (Å²) >= 11 is 5.70. The Morgan fingerprint density at radius 3 is 2.80 bits per heavy atom. The van der Waals surface area contributed by atoms with Gasteiger partial charge in [-0.1, -0.05) is 0 Å². The third kappa shape index (κ3) is 3.53. The van der Waals surface area contributed by atoms with Crippen molar-refractivity contribution in [2.75, 3.05) is 17.6 Å². The van der Waals surface area contributed by atoms with Crippen LogP contribution in [0.4, 0.5) is 11.5 Å². The van der Waals surface area contributed by atoms with Gasteiger partial charge in [0.05, 0.1) is 17.5 Å². The van der Waals surface area contributed by atoms with Crippen LogP contribution in [0.1, 0.15) is 19.0 Å². The summed E-state index contributed by atoms with van der Waals surface area (Å²) in [7, 11) is 0. The molecule has 5 nitrogen and oxygen atoms in total. The first-order valence-corrected chi connectivity index (χ1v) is 5.10. The maximum absolute atomic E-state index is 9.08. The minimum absolute atomic E-state index is 0.168. The van der Waals surface area contributed by atoms with Crippen LogP contribution < -0.4 is 11.1 Å². The van der Waals surface area contributed by atoms with E-state index in [9.17, 15) is 0 Å². The van der Waals surface area contributed by atoms with Gasteiger partial charge in [0.1, 0.15) is 0 Å². The zero-order valence-corrected chi connectivity index (χ0v) is 9.54. The monoisotopic (exact) mass is 230 g/mol. The van der Waals surface area contributed by atoms with Crippen LogP contribution in [0.5, 0.6) is 0 Å². The summed E-state index contributed by atoms with van der Waals surface area (Å²) in [5.74, 6) is 0.521. The predicted octanol–water partition coefficient (Wildman–Crippen LogP) is 1.20. The lowest BCUT2D eigenvalue weighted by Crippen LogP contribution is -2.13. The summed E-state index contributed by atoms with van der Waals surface area (Å²) in [6, 6.07) is 0. The highest BCUT2D eigenvalue weighted by molar-refractivity contribution is 6.28. The van der Waals surface area contributed by atoms with Crippen LogP contribution in [0.2, 0.25) is 5.28 Å². The number of nitrogen functional groups attached to an aromatic ring is 1. The molecule has 0 fully saturated rings. The predicted molar refractivity (Wildman–Crippen MR) is 61.0 cm³/mol. The van der Waals surface area contributed by atoms with Gasteiger partial charge in [0.25, 0.3) is 0 Å². The Hall–Kier alpha value is -1.07. The number of halogens is 1. The average molecular weight is 231 g/mol. The van der Waals surface area contributed by atoms with Crippen molar-refractivity contribution in [3.63, 3.8) is 0 Å². The van der Waals surface area contributed by atoms with Gasteiger partial charge in [0.15, 0.2) is 5.82 Å². The van der Waals surface area contributed by atoms with Crippen molar-refractivity contribution in [3.05, 3.63) is 11.0 Å². The van der Waals surface area contributed by atoms with E-state index in [1.54, 1.807) is 13.8 Å². The maximum atomic E-state index is 9.08. The second-order valence-electron chi connectivity index (χ2n) is 3.40. The number of rotatable bonds is 4. The van der Waals surface area contributed by atoms with Gasteiger partial charge in [-0.25, -0.2) is 4.98 Å². The molecular weight excluding hydrogens is 216 g/mol. The molecular formula is C9H15ClN4O. The molecule has 0 saturated heterocycles. The second kappa shape index (κ2) is 5.14. The van der Waals surface area contributed by atoms with Crippen LogP contribution in [0.15, 0.2) is 0 Å². The fraction of sp³-hybridized carbons (Fsp3) is 0.556. The van der Waals surface area contributed by atoms with Crippen molar-refractivity contribution in [1.82, 2.24) is 9.97 Å². The van der Waals surface area contributed by atoms with Crippen LogP contribution >= 0.6 is 11.6 Å². The summed E-state index contributed by atoms with van der Waals surface area (Å²) in [6.07, 6.45) is 0.275. The third-order valence-electron chi connectivity index (χ3n) is 1.96. The highest BCUT2D eigenvalue weighted by Crippen LogP contribution is 2.20. The number of aliphatic hydroxyl groups is 1. The molecule has 0 saturated carbocycles. The molecule has 1 unspecified atom stereocenters. The topological polar surface area (TPSA) is 84.1 Å². The molecule has 0 aromatic carbocycles. The molecule has 1 atom stereocenters. The second-order valence-corrected chi connectivity index (χ2v) is 3.74. The Morgan fingerprint density at radius 1 is 1.53 bits per heavy atom. The quantitative estimate of drug-likeness (QED) is 0.677. The number of hydrogen-bond acceptors (Lipinski definition) is 5. The molecule has 0 amide bonds. The van der Waals surface area contributed by atoms with Crippen molar-refractivity contribution in [1.29, 1.82) is 0 Å². The van der Waals surface area contributed by atoms with E-state index in [4.69, 9.17) is 22.4 Å². The molecule has 6 heteroatoms. The molecule has 1 rings (SSSR count). The van der Waals surface area contributed by atoms with E-state index in [1.807, 2.05) is 0 Å². The van der Waals surface area contributed by atoms with Crippen LogP contribution in [-0.4, -0.2) is 27.7 Å². The lowest BCUT2D eigenvalue weighted by atomic mass is 10.3. The number of aliphatic hydroxyl groups excluding tert-OH is 1. The normalized spacial score (nSPS) is 12.5. The highest BCUT2D eigenvalue weighted by atomic mass is 35.5. The van der Waals surface area contributed by atoms with E-state index in [1.165, 1.54) is 0 Å². The number of anilines is 2. The number of nitrogens with zero attached hydrogens (tertiary/aromatic N) is 2. The Morgan fingerprint density at radius 2 is 2.20 bits per heavy atom. The largest absolute Gasteiger partial charge is 0.394 e. The number of hydrogen-bond donors (Lipinski definition) is 3. The van der Waals surface area contributed by atoms with E-state index in [-0.39, 0.29) is 11.4 Å². The minimum atomic E-state index is -0.350. The summed E-state index contributed by atoms with van der Waals surface area (Å²) in [6.45, 7) is 4.08. The molecule has 0 aliphatic heterocycles. The van der Waals surface area contributed by atoms with Crippen LogP contribution in [0.3, 0.4) is 0 Å². The third-order valence-corrected chi connectivity index (χ3v) is 2.13. The highest BCUT2D eigenvalue weighted by Gasteiger charge is 2.07. The number of nitrogens with two attached hydrogens (primary N) is 1. The molecule has 0 spiro atoms. The van der Waals surface area contributed by atoms with Crippen molar-refractivity contribution < 1.29 is 5.11 Å². The van der Waals surface area contributed by atoms with Crippen molar-refractivity contribution in [3.8, 4) is 0 Å². The molecule has 1 aromatic heterocycles. The molecule has 84 valence electrons. The van der Waals surface area contributed by atoms with Gasteiger partial charge in [-0.15, -0.1) is 0 Å². The lowest BCUT2D eigenvalue weighted by Gasteiger charge is -2.10. The molecule has 1 heterocycles. The van der Waals surface area contributed by atoms with E-state index < -0.39 is 0 Å². The Labute approximate surface area is 93.7 Å². The number of nitrogens with one attached hydrogen (secondary N) is 1. The minimum Gasteiger partial charge on any atom is -0.394 e. The van der Waals surface area contributed by atoms with Crippen LogP contribution in [0.25, 0.3) is 0 Å². The lowest BCUT2D eigenvalue weighted by molar-refractivity contribution is 0.188. The van der Waals surface area contributed by atoms with Gasteiger partial charge in [0.2, 0.25) is 5.28 Å². The van der Waals surface area contributed by atoms with E-state index in [2.05, 4.69) is 15.3 Å². The summed E-state index contributed by atoms with van der Waals surface area (Å²) < 4.78 is 0. The van der Waals surface area contributed by atoms with Gasteiger partial charge in [-0.2, -0.15) is 4.98 Å². The van der Waals surface area contributed by atoms with Crippen LogP contribution in [-0.2, 0) is 0 Å². The first-order chi connectivity index (χ1) is 7.00. The Kier molecular flexibility index (Phi) is 4.11. The molecule has 15 heavy (non-hydrogen) atoms.